The minimum atomic E-state index is -5.66. The van der Waals surface area contributed by atoms with Crippen LogP contribution in [0.3, 0.4) is 0 Å². The van der Waals surface area contributed by atoms with Crippen LogP contribution in [0.2, 0.25) is 0 Å². The molecule has 0 radical (unpaired) electrons. The number of hydrogen-bond acceptors (Lipinski definition) is 7. The molecule has 6 atom stereocenters. The molecule has 158 valence electrons. The first-order chi connectivity index (χ1) is 13.0. The summed E-state index contributed by atoms with van der Waals surface area (Å²) in [6, 6.07) is 0. The zero-order valence-electron chi connectivity index (χ0n) is 15.2. The second-order valence-corrected chi connectivity index (χ2v) is 9.00. The van der Waals surface area contributed by atoms with Crippen molar-refractivity contribution in [2.75, 3.05) is 13.2 Å². The van der Waals surface area contributed by atoms with E-state index in [-0.39, 0.29) is 35.2 Å². The highest BCUT2D eigenvalue weighted by Gasteiger charge is 2.60. The molecule has 28 heavy (non-hydrogen) atoms. The maximum Gasteiger partial charge on any atom is 0.395 e. The molecule has 1 saturated heterocycles. The first-order valence-electron chi connectivity index (χ1n) is 8.99. The van der Waals surface area contributed by atoms with Crippen LogP contribution >= 0.6 is 0 Å². The molecule has 0 aromatic rings. The second-order valence-electron chi connectivity index (χ2n) is 7.51. The summed E-state index contributed by atoms with van der Waals surface area (Å²) in [5.41, 5.74) is -0.248. The molecule has 2 aliphatic carbocycles. The molecule has 8 nitrogen and oxygen atoms in total. The molecule has 0 spiro atoms. The summed E-state index contributed by atoms with van der Waals surface area (Å²) in [7, 11) is -5.66. The lowest BCUT2D eigenvalue weighted by atomic mass is 9.80. The van der Waals surface area contributed by atoms with Crippen LogP contribution in [0.25, 0.3) is 0 Å². The third-order valence-electron chi connectivity index (χ3n) is 5.89. The van der Waals surface area contributed by atoms with Crippen molar-refractivity contribution in [2.45, 2.75) is 43.6 Å². The molecule has 3 fully saturated rings. The smallest absolute Gasteiger partial charge is 0.395 e. The number of halogens is 2. The fourth-order valence-electron chi connectivity index (χ4n) is 4.53. The maximum absolute atomic E-state index is 13.7. The molecule has 1 heterocycles. The van der Waals surface area contributed by atoms with E-state index in [1.165, 1.54) is 6.92 Å². The van der Waals surface area contributed by atoms with Gasteiger partial charge in [-0.25, -0.2) is 4.79 Å². The van der Waals surface area contributed by atoms with E-state index in [1.807, 2.05) is 0 Å². The molecule has 6 unspecified atom stereocenters. The van der Waals surface area contributed by atoms with Crippen molar-refractivity contribution < 1.29 is 45.6 Å². The van der Waals surface area contributed by atoms with E-state index < -0.39 is 46.6 Å². The van der Waals surface area contributed by atoms with Gasteiger partial charge >= 0.3 is 27.3 Å². The number of fused-ring (bicyclic) bond motifs is 5. The Morgan fingerprint density at radius 3 is 2.68 bits per heavy atom. The van der Waals surface area contributed by atoms with Gasteiger partial charge in [0.25, 0.3) is 0 Å². The normalized spacial score (nSPS) is 32.7. The highest BCUT2D eigenvalue weighted by atomic mass is 32.2. The topological polar surface area (TPSA) is 116 Å². The molecular weight excluding hydrogens is 402 g/mol. The predicted molar refractivity (Wildman–Crippen MR) is 89.7 cm³/mol. The second kappa shape index (κ2) is 7.34. The molecule has 1 aliphatic heterocycles. The Balaban J connectivity index is 1.53. The van der Waals surface area contributed by atoms with E-state index in [1.54, 1.807) is 0 Å². The number of esters is 2. The zero-order valence-corrected chi connectivity index (χ0v) is 16.0. The minimum Gasteiger partial charge on any atom is -0.465 e. The van der Waals surface area contributed by atoms with Gasteiger partial charge in [-0.3, -0.25) is 9.35 Å². The Labute approximate surface area is 160 Å². The van der Waals surface area contributed by atoms with Crippen molar-refractivity contribution in [2.24, 2.45) is 23.7 Å². The third-order valence-corrected chi connectivity index (χ3v) is 6.84. The monoisotopic (exact) mass is 424 g/mol. The van der Waals surface area contributed by atoms with Gasteiger partial charge in [-0.1, -0.05) is 13.5 Å². The van der Waals surface area contributed by atoms with Crippen molar-refractivity contribution in [3.63, 3.8) is 0 Å². The molecular formula is C17H22F2O8S. The summed E-state index contributed by atoms with van der Waals surface area (Å²) in [6.45, 7) is 4.35. The van der Waals surface area contributed by atoms with Crippen molar-refractivity contribution in [3.8, 4) is 0 Å². The van der Waals surface area contributed by atoms with Crippen molar-refractivity contribution in [1.82, 2.24) is 0 Å². The van der Waals surface area contributed by atoms with E-state index >= 15 is 0 Å². The standard InChI is InChI=1S/C17H22F2O8S/c1-3-13(17(18,19)28(22,23)24)25-6-8(2)15(20)27-12-5-9-4-10(12)11-7-26-16(21)14(9)11/h9-14H,2-7H2,1H3,(H,22,23,24). The molecule has 2 saturated carbocycles. The van der Waals surface area contributed by atoms with Gasteiger partial charge in [-0.15, -0.1) is 0 Å². The molecule has 3 aliphatic rings. The van der Waals surface area contributed by atoms with Crippen molar-refractivity contribution in [1.29, 1.82) is 0 Å². The van der Waals surface area contributed by atoms with Gasteiger partial charge < -0.3 is 14.2 Å². The van der Waals surface area contributed by atoms with E-state index in [9.17, 15) is 26.8 Å². The van der Waals surface area contributed by atoms with Crippen LogP contribution in [0.15, 0.2) is 12.2 Å². The lowest BCUT2D eigenvalue weighted by Crippen LogP contribution is -2.43. The van der Waals surface area contributed by atoms with Gasteiger partial charge in [0.2, 0.25) is 0 Å². The number of cyclic esters (lactones) is 1. The number of carbonyl (C=O) groups is 2. The highest BCUT2D eigenvalue weighted by molar-refractivity contribution is 7.86. The molecule has 0 aromatic heterocycles. The van der Waals surface area contributed by atoms with E-state index in [4.69, 9.17) is 18.8 Å². The average molecular weight is 424 g/mol. The fraction of sp³-hybridized carbons (Fsp3) is 0.765. The lowest BCUT2D eigenvalue weighted by molar-refractivity contribution is -0.150. The summed E-state index contributed by atoms with van der Waals surface area (Å²) in [5.74, 6) is -1.04. The van der Waals surface area contributed by atoms with Gasteiger partial charge in [0.05, 0.1) is 24.7 Å². The number of alkyl halides is 2. The predicted octanol–water partition coefficient (Wildman–Crippen LogP) is 1.56. The third kappa shape index (κ3) is 3.55. The van der Waals surface area contributed by atoms with Gasteiger partial charge in [-0.2, -0.15) is 17.2 Å². The number of ether oxygens (including phenoxy) is 3. The SMILES string of the molecule is C=C(COC(CC)C(F)(F)S(=O)(=O)O)C(=O)OC1CC2CC1C1COC(=O)C21. The molecule has 11 heteroatoms. The number of rotatable bonds is 8. The first-order valence-corrected chi connectivity index (χ1v) is 10.4. The van der Waals surface area contributed by atoms with E-state index in [2.05, 4.69) is 6.58 Å². The Morgan fingerprint density at radius 2 is 2.07 bits per heavy atom. The van der Waals surface area contributed by atoms with Gasteiger partial charge in [-0.05, 0) is 25.2 Å². The van der Waals surface area contributed by atoms with Gasteiger partial charge in [0, 0.05) is 11.8 Å². The van der Waals surface area contributed by atoms with Gasteiger partial charge in [0.15, 0.2) is 0 Å². The van der Waals surface area contributed by atoms with E-state index in [0.29, 0.717) is 13.0 Å². The Hall–Kier alpha value is -1.59. The zero-order chi connectivity index (χ0) is 20.9. The van der Waals surface area contributed by atoms with Gasteiger partial charge in [0.1, 0.15) is 12.2 Å². The Morgan fingerprint density at radius 1 is 1.39 bits per heavy atom. The number of hydrogen-bond donors (Lipinski definition) is 1. The summed E-state index contributed by atoms with van der Waals surface area (Å²) in [4.78, 5) is 24.0. The van der Waals surface area contributed by atoms with Crippen LogP contribution in [0, 0.1) is 23.7 Å². The van der Waals surface area contributed by atoms with Crippen LogP contribution in [0.4, 0.5) is 8.78 Å². The Kier molecular flexibility index (Phi) is 5.54. The van der Waals surface area contributed by atoms with Crippen LogP contribution < -0.4 is 0 Å². The van der Waals surface area contributed by atoms with Crippen LogP contribution in [-0.4, -0.2) is 55.6 Å². The fourth-order valence-corrected chi connectivity index (χ4v) is 5.10. The summed E-state index contributed by atoms with van der Waals surface area (Å²) >= 11 is 0. The van der Waals surface area contributed by atoms with Crippen molar-refractivity contribution >= 4 is 22.1 Å². The average Bonchev–Trinajstić information content (AvgIpc) is 3.27. The minimum absolute atomic E-state index is 0.00590. The maximum atomic E-state index is 13.7. The van der Waals surface area contributed by atoms with Crippen LogP contribution in [-0.2, 0) is 33.9 Å². The summed E-state index contributed by atoms with van der Waals surface area (Å²) in [5, 5.41) is -4.51. The molecule has 1 N–H and O–H groups in total. The summed E-state index contributed by atoms with van der Waals surface area (Å²) < 4.78 is 73.0. The lowest BCUT2D eigenvalue weighted by Gasteiger charge is -2.29. The largest absolute Gasteiger partial charge is 0.465 e. The molecule has 2 bridgehead atoms. The summed E-state index contributed by atoms with van der Waals surface area (Å²) in [6.07, 6.45) is -1.68. The molecule has 3 rings (SSSR count). The van der Waals surface area contributed by atoms with E-state index in [0.717, 1.165) is 6.42 Å². The van der Waals surface area contributed by atoms with Crippen LogP contribution in [0.5, 0.6) is 0 Å². The highest BCUT2D eigenvalue weighted by Crippen LogP contribution is 2.56. The van der Waals surface area contributed by atoms with Crippen LogP contribution in [0.1, 0.15) is 26.2 Å². The first kappa shape index (κ1) is 21.1. The van der Waals surface area contributed by atoms with Crippen molar-refractivity contribution in [3.05, 3.63) is 12.2 Å². The molecule has 0 amide bonds. The number of carbonyl (C=O) groups excluding carboxylic acids is 2. The quantitative estimate of drug-likeness (QED) is 0.355. The molecule has 0 aromatic carbocycles. The Bertz CT molecular complexity index is 780.